The Balaban J connectivity index is 1.56. The maximum atomic E-state index is 9.94. The van der Waals surface area contributed by atoms with Gasteiger partial charge in [0.25, 0.3) is 0 Å². The lowest BCUT2D eigenvalue weighted by Gasteiger charge is -2.19. The van der Waals surface area contributed by atoms with Gasteiger partial charge in [0.2, 0.25) is 0 Å². The zero-order valence-electron chi connectivity index (χ0n) is 20.8. The lowest BCUT2D eigenvalue weighted by atomic mass is 9.86. The first-order chi connectivity index (χ1) is 19.3. The van der Waals surface area contributed by atoms with E-state index < -0.39 is 0 Å². The molecule has 3 nitrogen and oxygen atoms in total. The fraction of sp³-hybridized carbons (Fsp3) is 0. The van der Waals surface area contributed by atoms with Crippen LogP contribution in [0, 0.1) is 22.7 Å². The number of benzene rings is 7. The fourth-order valence-corrected chi connectivity index (χ4v) is 6.44. The van der Waals surface area contributed by atoms with Gasteiger partial charge in [-0.1, -0.05) is 78.9 Å². The SMILES string of the molecule is N#Cc1cccc(C#N)c1-c1cc2cccc3c(-n4c5ccccc5c5ccccc54)cc4cccc1c4c23. The van der Waals surface area contributed by atoms with E-state index in [2.05, 4.69) is 114 Å². The number of fused-ring (bicyclic) bond motifs is 3. The molecule has 0 fully saturated rings. The zero-order valence-corrected chi connectivity index (χ0v) is 20.8. The Labute approximate surface area is 224 Å². The molecule has 0 aliphatic carbocycles. The van der Waals surface area contributed by atoms with Crippen LogP contribution in [0.1, 0.15) is 11.1 Å². The van der Waals surface area contributed by atoms with E-state index in [4.69, 9.17) is 0 Å². The molecule has 0 saturated heterocycles. The summed E-state index contributed by atoms with van der Waals surface area (Å²) in [6.45, 7) is 0. The molecule has 0 unspecified atom stereocenters. The van der Waals surface area contributed by atoms with Crippen molar-refractivity contribution in [1.29, 1.82) is 10.5 Å². The lowest BCUT2D eigenvalue weighted by Crippen LogP contribution is -1.98. The van der Waals surface area contributed by atoms with Gasteiger partial charge in [-0.05, 0) is 68.9 Å². The Morgan fingerprint density at radius 3 is 1.64 bits per heavy atom. The number of aromatic nitrogens is 1. The third kappa shape index (κ3) is 2.85. The summed E-state index contributed by atoms with van der Waals surface area (Å²) in [5.41, 5.74) is 6.13. The van der Waals surface area contributed by atoms with E-state index in [1.807, 2.05) is 0 Å². The summed E-state index contributed by atoms with van der Waals surface area (Å²) in [6.07, 6.45) is 0. The van der Waals surface area contributed by atoms with E-state index in [0.717, 1.165) is 32.8 Å². The third-order valence-corrected chi connectivity index (χ3v) is 8.00. The molecule has 39 heavy (non-hydrogen) atoms. The molecule has 8 rings (SSSR count). The van der Waals surface area contributed by atoms with Crippen LogP contribution in [0.25, 0.3) is 70.9 Å². The standard InChI is InChI=1S/C36H19N3/c37-20-24-10-5-11-25(21-38)34(24)30-18-22-8-7-15-29-33(19-23-9-6-14-28(30)35(23)36(22)29)39-31-16-3-1-12-26(31)27-13-2-4-17-32(27)39/h1-19H. The maximum Gasteiger partial charge on any atom is 0.0998 e. The van der Waals surface area contributed by atoms with Crippen molar-refractivity contribution in [2.45, 2.75) is 0 Å². The molecule has 0 spiro atoms. The first-order valence-electron chi connectivity index (χ1n) is 12.9. The van der Waals surface area contributed by atoms with E-state index in [1.54, 1.807) is 18.2 Å². The summed E-state index contributed by atoms with van der Waals surface area (Å²) in [4.78, 5) is 0. The number of hydrogen-bond donors (Lipinski definition) is 0. The highest BCUT2D eigenvalue weighted by molar-refractivity contribution is 6.28. The van der Waals surface area contributed by atoms with E-state index >= 15 is 0 Å². The molecule has 178 valence electrons. The van der Waals surface area contributed by atoms with E-state index in [1.165, 1.54) is 32.6 Å². The van der Waals surface area contributed by atoms with Gasteiger partial charge in [-0.2, -0.15) is 10.5 Å². The van der Waals surface area contributed by atoms with Crippen molar-refractivity contribution >= 4 is 54.1 Å². The van der Waals surface area contributed by atoms with Gasteiger partial charge in [0.05, 0.1) is 40.0 Å². The summed E-state index contributed by atoms with van der Waals surface area (Å²) in [6, 6.07) is 44.4. The molecular weight excluding hydrogens is 474 g/mol. The smallest absolute Gasteiger partial charge is 0.0998 e. The highest BCUT2D eigenvalue weighted by Crippen LogP contribution is 2.45. The largest absolute Gasteiger partial charge is 0.309 e. The predicted molar refractivity (Wildman–Crippen MR) is 159 cm³/mol. The zero-order chi connectivity index (χ0) is 26.1. The van der Waals surface area contributed by atoms with Gasteiger partial charge in [0.1, 0.15) is 0 Å². The van der Waals surface area contributed by atoms with Gasteiger partial charge in [0.15, 0.2) is 0 Å². The van der Waals surface area contributed by atoms with Gasteiger partial charge in [0, 0.05) is 21.7 Å². The minimum atomic E-state index is 0.509. The molecule has 1 heterocycles. The second-order valence-electron chi connectivity index (χ2n) is 9.95. The van der Waals surface area contributed by atoms with Crippen LogP contribution in [0.15, 0.2) is 115 Å². The molecule has 0 radical (unpaired) electrons. The highest BCUT2D eigenvalue weighted by atomic mass is 15.0. The van der Waals surface area contributed by atoms with Crippen molar-refractivity contribution in [1.82, 2.24) is 4.57 Å². The van der Waals surface area contributed by atoms with Crippen LogP contribution in [0.3, 0.4) is 0 Å². The number of rotatable bonds is 2. The Hall–Kier alpha value is -5.64. The lowest BCUT2D eigenvalue weighted by molar-refractivity contribution is 1.20. The van der Waals surface area contributed by atoms with Crippen LogP contribution in [0.4, 0.5) is 0 Å². The Morgan fingerprint density at radius 2 is 1.00 bits per heavy atom. The van der Waals surface area contributed by atoms with Crippen LogP contribution in [-0.4, -0.2) is 4.57 Å². The molecule has 0 N–H and O–H groups in total. The first-order valence-corrected chi connectivity index (χ1v) is 12.9. The third-order valence-electron chi connectivity index (χ3n) is 8.00. The Kier molecular flexibility index (Phi) is 4.36. The molecule has 8 aromatic rings. The van der Waals surface area contributed by atoms with Crippen LogP contribution in [0.5, 0.6) is 0 Å². The second kappa shape index (κ2) is 7.93. The van der Waals surface area contributed by atoms with E-state index in [0.29, 0.717) is 16.7 Å². The molecule has 7 aromatic carbocycles. The van der Waals surface area contributed by atoms with Crippen LogP contribution >= 0.6 is 0 Å². The molecule has 0 aliphatic rings. The monoisotopic (exact) mass is 493 g/mol. The molecule has 0 saturated carbocycles. The summed E-state index contributed by atoms with van der Waals surface area (Å²) in [5.74, 6) is 0. The number of nitriles is 2. The topological polar surface area (TPSA) is 52.5 Å². The molecule has 0 aliphatic heterocycles. The average Bonchev–Trinajstić information content (AvgIpc) is 3.33. The van der Waals surface area contributed by atoms with Gasteiger partial charge >= 0.3 is 0 Å². The minimum Gasteiger partial charge on any atom is -0.309 e. The molecule has 0 atom stereocenters. The maximum absolute atomic E-state index is 9.94. The van der Waals surface area contributed by atoms with Gasteiger partial charge in [-0.3, -0.25) is 0 Å². The molecule has 0 bridgehead atoms. The molecular formula is C36H19N3. The summed E-state index contributed by atoms with van der Waals surface area (Å²) < 4.78 is 2.38. The number of hydrogen-bond acceptors (Lipinski definition) is 2. The van der Waals surface area contributed by atoms with Crippen molar-refractivity contribution in [3.63, 3.8) is 0 Å². The van der Waals surface area contributed by atoms with Gasteiger partial charge in [-0.15, -0.1) is 0 Å². The van der Waals surface area contributed by atoms with Crippen molar-refractivity contribution in [2.24, 2.45) is 0 Å². The molecule has 3 heteroatoms. The Morgan fingerprint density at radius 1 is 0.487 bits per heavy atom. The second-order valence-corrected chi connectivity index (χ2v) is 9.95. The summed E-state index contributed by atoms with van der Waals surface area (Å²) in [5, 5.41) is 29.1. The van der Waals surface area contributed by atoms with Crippen LogP contribution < -0.4 is 0 Å². The van der Waals surface area contributed by atoms with Crippen molar-refractivity contribution in [3.05, 3.63) is 126 Å². The van der Waals surface area contributed by atoms with Crippen LogP contribution in [-0.2, 0) is 0 Å². The quantitative estimate of drug-likeness (QED) is 0.226. The normalized spacial score (nSPS) is 11.5. The first kappa shape index (κ1) is 21.4. The van der Waals surface area contributed by atoms with Crippen molar-refractivity contribution in [3.8, 4) is 29.0 Å². The fourth-order valence-electron chi connectivity index (χ4n) is 6.44. The van der Waals surface area contributed by atoms with Crippen molar-refractivity contribution in [2.75, 3.05) is 0 Å². The summed E-state index contributed by atoms with van der Waals surface area (Å²) in [7, 11) is 0. The van der Waals surface area contributed by atoms with E-state index in [9.17, 15) is 10.5 Å². The Bertz CT molecular complexity index is 2270. The minimum absolute atomic E-state index is 0.509. The van der Waals surface area contributed by atoms with Gasteiger partial charge < -0.3 is 4.57 Å². The molecule has 0 amide bonds. The predicted octanol–water partition coefficient (Wildman–Crippen LogP) is 9.09. The average molecular weight is 494 g/mol. The number of nitrogens with zero attached hydrogens (tertiary/aromatic N) is 3. The van der Waals surface area contributed by atoms with Crippen LogP contribution in [0.2, 0.25) is 0 Å². The highest BCUT2D eigenvalue weighted by Gasteiger charge is 2.21. The summed E-state index contributed by atoms with van der Waals surface area (Å²) >= 11 is 0. The van der Waals surface area contributed by atoms with Gasteiger partial charge in [-0.25, -0.2) is 0 Å². The molecule has 1 aromatic heterocycles. The number of para-hydroxylation sites is 2. The van der Waals surface area contributed by atoms with Crippen molar-refractivity contribution < 1.29 is 0 Å². The van der Waals surface area contributed by atoms with E-state index in [-0.39, 0.29) is 0 Å².